The van der Waals surface area contributed by atoms with Crippen molar-refractivity contribution in [2.24, 2.45) is 0 Å². The van der Waals surface area contributed by atoms with Crippen LogP contribution in [-0.2, 0) is 13.0 Å². The lowest BCUT2D eigenvalue weighted by molar-refractivity contribution is -0.113. The monoisotopic (exact) mass is 694 g/mol. The number of aromatic carboxylic acids is 1. The molecule has 50 heavy (non-hydrogen) atoms. The lowest BCUT2D eigenvalue weighted by Crippen LogP contribution is -2.48. The molecule has 0 amide bonds. The van der Waals surface area contributed by atoms with Crippen LogP contribution in [0.3, 0.4) is 0 Å². The van der Waals surface area contributed by atoms with Crippen molar-refractivity contribution in [3.05, 3.63) is 100 Å². The van der Waals surface area contributed by atoms with E-state index in [4.69, 9.17) is 20.4 Å². The zero-order valence-corrected chi connectivity index (χ0v) is 29.6. The second-order valence-corrected chi connectivity index (χ2v) is 12.4. The van der Waals surface area contributed by atoms with Crippen LogP contribution < -0.4 is 10.2 Å². The molecule has 0 aromatic heterocycles. The first-order valence-corrected chi connectivity index (χ1v) is 17.5. The molecule has 0 heterocycles. The van der Waals surface area contributed by atoms with E-state index in [0.29, 0.717) is 6.54 Å². The molecule has 0 radical (unpaired) electrons. The van der Waals surface area contributed by atoms with Gasteiger partial charge in [0.05, 0.1) is 18.3 Å². The summed E-state index contributed by atoms with van der Waals surface area (Å²) in [5, 5.41) is 56.8. The summed E-state index contributed by atoms with van der Waals surface area (Å²) in [6.45, 7) is 5.20. The molecule has 0 aliphatic rings. The summed E-state index contributed by atoms with van der Waals surface area (Å²) in [6, 6.07) is 21.0. The van der Waals surface area contributed by atoms with Gasteiger partial charge in [0.2, 0.25) is 0 Å². The lowest BCUT2D eigenvalue weighted by atomic mass is 10.0. The van der Waals surface area contributed by atoms with Crippen molar-refractivity contribution in [2.45, 2.75) is 96.2 Å². The number of anilines is 1. The van der Waals surface area contributed by atoms with E-state index >= 15 is 0 Å². The molecule has 3 aromatic carbocycles. The fourth-order valence-corrected chi connectivity index (χ4v) is 5.19. The summed E-state index contributed by atoms with van der Waals surface area (Å²) in [5.74, 6) is 4.56. The fraction of sp³-hybridized carbons (Fsp3) is 0.475. The average Bonchev–Trinajstić information content (AvgIpc) is 3.13. The largest absolute Gasteiger partial charge is 0.478 e. The first-order valence-electron chi connectivity index (χ1n) is 17.5. The molecular weight excluding hydrogens is 639 g/mol. The number of aryl methyl sites for hydroxylation is 1. The fourth-order valence-electron chi connectivity index (χ4n) is 5.19. The average molecular weight is 695 g/mol. The van der Waals surface area contributed by atoms with E-state index in [0.717, 1.165) is 48.2 Å². The number of unbranched alkanes of at least 4 members (excludes halogenated alkanes) is 5. The Bertz CT molecular complexity index is 1460. The van der Waals surface area contributed by atoms with E-state index in [9.17, 15) is 19.4 Å². The molecule has 0 aliphatic carbocycles. The van der Waals surface area contributed by atoms with Crippen LogP contribution >= 0.6 is 0 Å². The van der Waals surface area contributed by atoms with Gasteiger partial charge in [-0.3, -0.25) is 0 Å². The van der Waals surface area contributed by atoms with Crippen molar-refractivity contribution in [3.63, 3.8) is 0 Å². The standard InChI is InChI=1S/C33H38FNO2.C7H17NO5/c1-3-5-7-8-9-23-35(25-29-19-22-32(34)31(24-29)33(36)37)30-20-17-28(18-21-30)16-15-27-13-11-26(12-14-27)10-6-4-2;1-8-2-4(10)6(12)7(13)5(11)3-9/h11-14,17-22,24H,3-10,23,25H2,1-2H3,(H,36,37);4-13H,2-3H2,1H3/t;4-,5+,6+,7+/m.0/s1. The quantitative estimate of drug-likeness (QED) is 0.0687. The van der Waals surface area contributed by atoms with Crippen molar-refractivity contribution in [2.75, 3.05) is 31.6 Å². The van der Waals surface area contributed by atoms with E-state index in [-0.39, 0.29) is 12.1 Å². The number of aliphatic hydroxyl groups is 5. The summed E-state index contributed by atoms with van der Waals surface area (Å²) in [7, 11) is 1.57. The maximum atomic E-state index is 13.9. The highest BCUT2D eigenvalue weighted by atomic mass is 19.1. The van der Waals surface area contributed by atoms with Gasteiger partial charge in [0.15, 0.2) is 0 Å². The highest BCUT2D eigenvalue weighted by molar-refractivity contribution is 5.88. The predicted octanol–water partition coefficient (Wildman–Crippen LogP) is 4.89. The summed E-state index contributed by atoms with van der Waals surface area (Å²) in [5.41, 5.74) is 4.83. The van der Waals surface area contributed by atoms with Crippen molar-refractivity contribution >= 4 is 11.7 Å². The van der Waals surface area contributed by atoms with Gasteiger partial charge in [0, 0.05) is 36.4 Å². The smallest absolute Gasteiger partial charge is 0.338 e. The number of benzene rings is 3. The van der Waals surface area contributed by atoms with E-state index in [1.807, 2.05) is 12.1 Å². The van der Waals surface area contributed by atoms with Gasteiger partial charge in [-0.2, -0.15) is 0 Å². The Hall–Kier alpha value is -3.82. The Labute approximate surface area is 296 Å². The number of nitrogens with zero attached hydrogens (tertiary/aromatic N) is 1. The van der Waals surface area contributed by atoms with Crippen molar-refractivity contribution in [1.29, 1.82) is 0 Å². The van der Waals surface area contributed by atoms with Gasteiger partial charge in [-0.05, 0) is 86.0 Å². The summed E-state index contributed by atoms with van der Waals surface area (Å²) < 4.78 is 13.9. The zero-order valence-electron chi connectivity index (χ0n) is 29.6. The Kier molecular flexibility index (Phi) is 20.0. The van der Waals surface area contributed by atoms with Gasteiger partial charge in [-0.1, -0.05) is 76.0 Å². The van der Waals surface area contributed by atoms with Gasteiger partial charge in [-0.15, -0.1) is 0 Å². The lowest BCUT2D eigenvalue weighted by Gasteiger charge is -2.25. The van der Waals surface area contributed by atoms with Crippen LogP contribution in [0.1, 0.15) is 91.4 Å². The molecule has 0 saturated carbocycles. The predicted molar refractivity (Wildman–Crippen MR) is 196 cm³/mol. The maximum absolute atomic E-state index is 13.9. The first-order chi connectivity index (χ1) is 24.0. The Morgan fingerprint density at radius 2 is 1.34 bits per heavy atom. The van der Waals surface area contributed by atoms with Crippen LogP contribution in [0.5, 0.6) is 0 Å². The number of aliphatic hydroxyl groups excluding tert-OH is 5. The Morgan fingerprint density at radius 1 is 0.780 bits per heavy atom. The highest BCUT2D eigenvalue weighted by Crippen LogP contribution is 2.21. The maximum Gasteiger partial charge on any atom is 0.338 e. The normalized spacial score (nSPS) is 13.2. The Morgan fingerprint density at radius 3 is 1.90 bits per heavy atom. The van der Waals surface area contributed by atoms with Crippen LogP contribution in [0, 0.1) is 17.7 Å². The number of hydrogen-bond acceptors (Lipinski definition) is 8. The van der Waals surface area contributed by atoms with Gasteiger partial charge in [0.1, 0.15) is 24.1 Å². The third-order valence-electron chi connectivity index (χ3n) is 8.26. The third-order valence-corrected chi connectivity index (χ3v) is 8.26. The van der Waals surface area contributed by atoms with E-state index < -0.39 is 42.8 Å². The molecule has 0 aliphatic heterocycles. The number of halogens is 1. The van der Waals surface area contributed by atoms with Gasteiger partial charge in [0.25, 0.3) is 0 Å². The SMILES string of the molecule is CCCCCCCN(Cc1ccc(F)c(C(=O)O)c1)c1ccc(C#Cc2ccc(CCCC)cc2)cc1.CNC[C@H](O)[C@@H](O)[C@H](O)[C@H](O)CO. The van der Waals surface area contributed by atoms with Gasteiger partial charge < -0.3 is 40.9 Å². The summed E-state index contributed by atoms with van der Waals surface area (Å²) in [6.07, 6.45) is 3.69. The number of rotatable bonds is 19. The molecule has 10 heteroatoms. The zero-order chi connectivity index (χ0) is 36.9. The highest BCUT2D eigenvalue weighted by Gasteiger charge is 2.29. The van der Waals surface area contributed by atoms with E-state index in [1.54, 1.807) is 13.1 Å². The second kappa shape index (κ2) is 23.6. The molecule has 0 fully saturated rings. The van der Waals surface area contributed by atoms with E-state index in [1.165, 1.54) is 49.8 Å². The molecule has 3 aromatic rings. The number of hydrogen-bond donors (Lipinski definition) is 7. The van der Waals surface area contributed by atoms with Gasteiger partial charge in [-0.25, -0.2) is 9.18 Å². The molecule has 274 valence electrons. The number of carboxylic acid groups (broad SMARTS) is 1. The van der Waals surface area contributed by atoms with Crippen molar-refractivity contribution in [1.82, 2.24) is 5.32 Å². The van der Waals surface area contributed by atoms with Crippen LogP contribution in [0.15, 0.2) is 66.7 Å². The number of likely N-dealkylation sites (N-methyl/N-ethyl adjacent to an activating group) is 1. The minimum atomic E-state index is -1.55. The minimum absolute atomic E-state index is 0.0936. The molecule has 0 spiro atoms. The van der Waals surface area contributed by atoms with Crippen LogP contribution in [0.2, 0.25) is 0 Å². The number of carboxylic acids is 1. The number of nitrogens with one attached hydrogen (secondary N) is 1. The molecule has 0 saturated heterocycles. The van der Waals surface area contributed by atoms with Gasteiger partial charge >= 0.3 is 5.97 Å². The molecule has 0 unspecified atom stereocenters. The topological polar surface area (TPSA) is 154 Å². The van der Waals surface area contributed by atoms with E-state index in [2.05, 4.69) is 72.3 Å². The third kappa shape index (κ3) is 15.0. The molecule has 3 rings (SSSR count). The number of carbonyl (C=O) groups is 1. The first kappa shape index (κ1) is 42.3. The van der Waals surface area contributed by atoms with Crippen LogP contribution in [0.4, 0.5) is 10.1 Å². The molecule has 7 N–H and O–H groups in total. The van der Waals surface area contributed by atoms with Crippen LogP contribution in [-0.4, -0.2) is 87.8 Å². The molecule has 9 nitrogen and oxygen atoms in total. The van der Waals surface area contributed by atoms with Crippen LogP contribution in [0.25, 0.3) is 0 Å². The molecular formula is C40H55FN2O7. The molecule has 0 bridgehead atoms. The molecule has 4 atom stereocenters. The minimum Gasteiger partial charge on any atom is -0.478 e. The summed E-state index contributed by atoms with van der Waals surface area (Å²) >= 11 is 0. The van der Waals surface area contributed by atoms with Crippen molar-refractivity contribution < 1.29 is 39.8 Å². The second-order valence-electron chi connectivity index (χ2n) is 12.4. The summed E-state index contributed by atoms with van der Waals surface area (Å²) in [4.78, 5) is 13.6. The Balaban J connectivity index is 0.000000565. The van der Waals surface area contributed by atoms with Crippen molar-refractivity contribution in [3.8, 4) is 11.8 Å².